The maximum Gasteiger partial charge on any atom is 0.456 e. The van der Waals surface area contributed by atoms with E-state index in [9.17, 15) is 0 Å². The second kappa shape index (κ2) is 11.0. The molecule has 7 heteroatoms. The van der Waals surface area contributed by atoms with Crippen LogP contribution in [-0.2, 0) is 0 Å². The first-order valence-corrected chi connectivity index (χ1v) is 14.5. The summed E-state index contributed by atoms with van der Waals surface area (Å²) in [6, 6.07) is 46.1. The third-order valence-corrected chi connectivity index (χ3v) is 8.72. The van der Waals surface area contributed by atoms with Gasteiger partial charge in [0.25, 0.3) is 0 Å². The van der Waals surface area contributed by atoms with Crippen molar-refractivity contribution in [2.24, 2.45) is 14.0 Å². The first-order valence-electron chi connectivity index (χ1n) is 12.1. The zero-order valence-corrected chi connectivity index (χ0v) is 22.1. The van der Waals surface area contributed by atoms with Crippen molar-refractivity contribution in [3.8, 4) is 33.8 Å². The number of hydrogen-bond donors (Lipinski definition) is 0. The fraction of sp³-hybridized carbons (Fsp3) is 0. The smallest absolute Gasteiger partial charge is 0.413 e. The van der Waals surface area contributed by atoms with Crippen LogP contribution >= 0.6 is 16.2 Å². The van der Waals surface area contributed by atoms with Gasteiger partial charge >= 0.3 is 7.66 Å². The number of benzene rings is 5. The maximum atomic E-state index is 6.57. The lowest BCUT2D eigenvalue weighted by atomic mass is 10.1. The molecule has 6 rings (SSSR count). The minimum atomic E-state index is -3.17. The van der Waals surface area contributed by atoms with Crippen molar-refractivity contribution < 1.29 is 9.05 Å². The molecule has 0 saturated carbocycles. The van der Waals surface area contributed by atoms with Gasteiger partial charge in [-0.1, -0.05) is 115 Å². The van der Waals surface area contributed by atoms with E-state index in [2.05, 4.69) is 41.1 Å². The molecule has 5 nitrogen and oxygen atoms in total. The van der Waals surface area contributed by atoms with Crippen LogP contribution in [-0.4, -0.2) is 5.84 Å². The highest BCUT2D eigenvalue weighted by Crippen LogP contribution is 2.57. The monoisotopic (exact) mass is 531 g/mol. The Morgan fingerprint density at radius 1 is 0.474 bits per heavy atom. The first kappa shape index (κ1) is 24.1. The molecule has 0 aromatic heterocycles. The lowest BCUT2D eigenvalue weighted by Crippen LogP contribution is -2.05. The summed E-state index contributed by atoms with van der Waals surface area (Å²) in [5.74, 6) is 1.83. The van der Waals surface area contributed by atoms with Crippen LogP contribution in [0.4, 0.5) is 0 Å². The predicted molar refractivity (Wildman–Crippen MR) is 157 cm³/mol. The van der Waals surface area contributed by atoms with Crippen molar-refractivity contribution in [2.45, 2.75) is 0 Å². The standard InChI is InChI=1S/C31H23N3O2P2/c1-4-12-24(13-5-1)27-18-10-20-29(22-27)35-38(33-31(32-37-34-38)26-16-8-3-9-17-26)36-30-21-11-19-28(23-30)25-14-6-2-7-15-25/h1-23H. The second-order valence-electron chi connectivity index (χ2n) is 8.53. The lowest BCUT2D eigenvalue weighted by Gasteiger charge is -2.23. The SMILES string of the molecule is c1ccc(C2=NP(Oc3cccc(-c4ccccc4)c3)(Oc3cccc(-c4ccccc4)c3)=NP=N2)cc1. The van der Waals surface area contributed by atoms with Gasteiger partial charge in [0, 0.05) is 5.56 Å². The van der Waals surface area contributed by atoms with Crippen molar-refractivity contribution in [1.82, 2.24) is 0 Å². The van der Waals surface area contributed by atoms with E-state index < -0.39 is 7.66 Å². The summed E-state index contributed by atoms with van der Waals surface area (Å²) >= 11 is 0. The molecule has 0 unspecified atom stereocenters. The Morgan fingerprint density at radius 2 is 0.921 bits per heavy atom. The van der Waals surface area contributed by atoms with E-state index in [4.69, 9.17) is 18.3 Å². The van der Waals surface area contributed by atoms with Crippen molar-refractivity contribution >= 4 is 22.0 Å². The van der Waals surface area contributed by atoms with Crippen molar-refractivity contribution in [3.63, 3.8) is 0 Å². The molecule has 0 N–H and O–H groups in total. The summed E-state index contributed by atoms with van der Waals surface area (Å²) in [4.78, 5) is 0. The summed E-state index contributed by atoms with van der Waals surface area (Å²) in [7, 11) is -2.68. The highest BCUT2D eigenvalue weighted by Gasteiger charge is 2.30. The average Bonchev–Trinajstić information content (AvgIpc) is 2.99. The number of amidine groups is 1. The van der Waals surface area contributed by atoms with Crippen molar-refractivity contribution in [3.05, 3.63) is 145 Å². The summed E-state index contributed by atoms with van der Waals surface area (Å²) in [5.41, 5.74) is 5.17. The van der Waals surface area contributed by atoms with Crippen molar-refractivity contribution in [1.29, 1.82) is 0 Å². The van der Waals surface area contributed by atoms with E-state index in [1.54, 1.807) is 0 Å². The Labute approximate surface area is 223 Å². The topological polar surface area (TPSA) is 55.5 Å². The van der Waals surface area contributed by atoms with Crippen LogP contribution in [0.25, 0.3) is 22.3 Å². The molecule has 0 bridgehead atoms. The van der Waals surface area contributed by atoms with E-state index in [0.29, 0.717) is 25.9 Å². The Kier molecular flexibility index (Phi) is 6.95. The van der Waals surface area contributed by atoms with Gasteiger partial charge in [0.2, 0.25) is 0 Å². The van der Waals surface area contributed by atoms with Gasteiger partial charge in [-0.25, -0.2) is 0 Å². The Balaban J connectivity index is 1.40. The van der Waals surface area contributed by atoms with Crippen LogP contribution in [0, 0.1) is 0 Å². The molecule has 0 saturated heterocycles. The average molecular weight is 531 g/mol. The van der Waals surface area contributed by atoms with Crippen LogP contribution in [0.15, 0.2) is 154 Å². The molecular weight excluding hydrogens is 508 g/mol. The van der Waals surface area contributed by atoms with Gasteiger partial charge in [-0.15, -0.1) is 4.52 Å². The van der Waals surface area contributed by atoms with Gasteiger partial charge in [-0.3, -0.25) is 0 Å². The number of hydrogen-bond acceptors (Lipinski definition) is 5. The minimum Gasteiger partial charge on any atom is -0.413 e. The molecule has 0 spiro atoms. The fourth-order valence-corrected chi connectivity index (χ4v) is 6.70. The van der Waals surface area contributed by atoms with Gasteiger partial charge in [0.05, 0.1) is 0 Å². The second-order valence-corrected chi connectivity index (χ2v) is 11.2. The molecule has 1 aliphatic rings. The molecule has 5 aromatic carbocycles. The van der Waals surface area contributed by atoms with E-state index >= 15 is 0 Å². The Morgan fingerprint density at radius 3 is 1.42 bits per heavy atom. The Hall–Kier alpha value is -4.30. The van der Waals surface area contributed by atoms with E-state index in [1.165, 1.54) is 0 Å². The summed E-state index contributed by atoms with van der Waals surface area (Å²) in [5, 5.41) is 0. The third kappa shape index (κ3) is 5.50. The molecule has 38 heavy (non-hydrogen) atoms. The number of nitrogens with zero attached hydrogens (tertiary/aromatic N) is 3. The number of rotatable bonds is 7. The molecule has 0 radical (unpaired) electrons. The molecule has 0 fully saturated rings. The molecule has 184 valence electrons. The van der Waals surface area contributed by atoms with Gasteiger partial charge in [-0.05, 0) is 46.5 Å². The zero-order chi connectivity index (χ0) is 25.6. The van der Waals surface area contributed by atoms with Crippen LogP contribution in [0.1, 0.15) is 5.56 Å². The molecular formula is C31H23N3O2P2. The largest absolute Gasteiger partial charge is 0.456 e. The highest BCUT2D eigenvalue weighted by atomic mass is 31.2. The summed E-state index contributed by atoms with van der Waals surface area (Å²) in [6.45, 7) is 0. The zero-order valence-electron chi connectivity index (χ0n) is 20.3. The predicted octanol–water partition coefficient (Wildman–Crippen LogP) is 9.93. The third-order valence-electron chi connectivity index (χ3n) is 5.88. The summed E-state index contributed by atoms with van der Waals surface area (Å²) < 4.78 is 27.3. The van der Waals surface area contributed by atoms with Gasteiger partial charge in [0.15, 0.2) is 14.4 Å². The molecule has 5 aromatic rings. The highest BCUT2D eigenvalue weighted by molar-refractivity contribution is 7.60. The van der Waals surface area contributed by atoms with Crippen molar-refractivity contribution in [2.75, 3.05) is 0 Å². The molecule has 1 heterocycles. The summed E-state index contributed by atoms with van der Waals surface area (Å²) in [6.07, 6.45) is 0. The lowest BCUT2D eigenvalue weighted by molar-refractivity contribution is 0.478. The molecule has 0 aliphatic carbocycles. The molecule has 1 aliphatic heterocycles. The van der Waals surface area contributed by atoms with E-state index in [0.717, 1.165) is 27.8 Å². The molecule has 0 amide bonds. The van der Waals surface area contributed by atoms with Crippen LogP contribution in [0.2, 0.25) is 0 Å². The molecule has 0 atom stereocenters. The Bertz CT molecular complexity index is 1580. The van der Waals surface area contributed by atoms with Gasteiger partial charge in [-0.2, -0.15) is 9.51 Å². The quantitative estimate of drug-likeness (QED) is 0.196. The maximum absolute atomic E-state index is 6.57. The van der Waals surface area contributed by atoms with Gasteiger partial charge in [0.1, 0.15) is 11.5 Å². The normalized spacial score (nSPS) is 14.2. The van der Waals surface area contributed by atoms with Gasteiger partial charge < -0.3 is 9.05 Å². The first-order chi connectivity index (χ1) is 18.8. The fourth-order valence-electron chi connectivity index (χ4n) is 4.07. The van der Waals surface area contributed by atoms with E-state index in [-0.39, 0.29) is 0 Å². The van der Waals surface area contributed by atoms with E-state index in [1.807, 2.05) is 103 Å². The van der Waals surface area contributed by atoms with Crippen LogP contribution in [0.3, 0.4) is 0 Å². The minimum absolute atomic E-state index is 0.492. The van der Waals surface area contributed by atoms with Crippen LogP contribution in [0.5, 0.6) is 11.5 Å². The van der Waals surface area contributed by atoms with Crippen LogP contribution < -0.4 is 9.05 Å².